The van der Waals surface area contributed by atoms with Crippen molar-refractivity contribution in [1.82, 2.24) is 4.90 Å². The van der Waals surface area contributed by atoms with Crippen LogP contribution in [-0.2, 0) is 19.1 Å². The molecule has 0 aliphatic carbocycles. The Morgan fingerprint density at radius 3 is 2.56 bits per heavy atom. The second-order valence-corrected chi connectivity index (χ2v) is 8.01. The first kappa shape index (κ1) is 19.7. The first-order valence-electron chi connectivity index (χ1n) is 9.00. The van der Waals surface area contributed by atoms with E-state index in [0.717, 1.165) is 10.5 Å². The Hall–Kier alpha value is -2.06. The molecule has 2 amide bonds. The van der Waals surface area contributed by atoms with Crippen molar-refractivity contribution in [2.75, 3.05) is 25.7 Å². The van der Waals surface area contributed by atoms with Crippen LogP contribution in [0.1, 0.15) is 24.9 Å². The number of rotatable bonds is 6. The molecule has 0 radical (unpaired) electrons. The summed E-state index contributed by atoms with van der Waals surface area (Å²) < 4.78 is 5.36. The van der Waals surface area contributed by atoms with Crippen molar-refractivity contribution in [2.45, 2.75) is 24.9 Å². The quantitative estimate of drug-likeness (QED) is 0.533. The van der Waals surface area contributed by atoms with Crippen molar-refractivity contribution in [3.63, 3.8) is 0 Å². The summed E-state index contributed by atoms with van der Waals surface area (Å²) in [5, 5.41) is 11.4. The fourth-order valence-corrected chi connectivity index (χ4v) is 4.88. The maximum Gasteiger partial charge on any atom is 0.368 e. The van der Waals surface area contributed by atoms with Crippen molar-refractivity contribution in [3.05, 3.63) is 29.8 Å². The van der Waals surface area contributed by atoms with Gasteiger partial charge in [-0.2, -0.15) is 11.8 Å². The van der Waals surface area contributed by atoms with E-state index in [1.165, 1.54) is 7.05 Å². The van der Waals surface area contributed by atoms with E-state index in [9.17, 15) is 19.5 Å². The number of aromatic hydroxyl groups is 1. The Bertz CT molecular complexity index is 753. The number of hydrogen-bond acceptors (Lipinski definition) is 6. The summed E-state index contributed by atoms with van der Waals surface area (Å²) in [6, 6.07) is 6.19. The van der Waals surface area contributed by atoms with E-state index in [2.05, 4.69) is 0 Å². The molecule has 7 nitrogen and oxygen atoms in total. The van der Waals surface area contributed by atoms with E-state index in [0.29, 0.717) is 12.2 Å². The van der Waals surface area contributed by atoms with Crippen LogP contribution in [0.15, 0.2) is 24.3 Å². The molecule has 2 aliphatic heterocycles. The SMILES string of the molecule is CCOC(=O)[C@@]1(CCSC)[NH2+][C@@H](c2ccc(O)cc2)[C@H]2C(=O)N(C)C(=O)[C@@H]21. The Morgan fingerprint density at radius 1 is 1.30 bits per heavy atom. The molecule has 2 aliphatic rings. The third-order valence-corrected chi connectivity index (χ3v) is 6.26. The summed E-state index contributed by atoms with van der Waals surface area (Å²) >= 11 is 1.59. The number of phenolic OH excluding ortho intramolecular Hbond substituents is 1. The van der Waals surface area contributed by atoms with Crippen LogP contribution in [0, 0.1) is 11.8 Å². The van der Waals surface area contributed by atoms with Gasteiger partial charge in [-0.05, 0) is 43.2 Å². The van der Waals surface area contributed by atoms with Crippen LogP contribution in [0.3, 0.4) is 0 Å². The molecule has 0 bridgehead atoms. The highest BCUT2D eigenvalue weighted by atomic mass is 32.2. The second kappa shape index (κ2) is 7.52. The Morgan fingerprint density at radius 2 is 1.96 bits per heavy atom. The molecule has 0 unspecified atom stereocenters. The van der Waals surface area contributed by atoms with Crippen molar-refractivity contribution in [2.24, 2.45) is 11.8 Å². The number of likely N-dealkylation sites (tertiary alicyclic amines) is 1. The summed E-state index contributed by atoms with van der Waals surface area (Å²) in [6.45, 7) is 1.95. The number of imide groups is 1. The van der Waals surface area contributed by atoms with Crippen LogP contribution in [0.5, 0.6) is 5.75 Å². The molecule has 2 saturated heterocycles. The molecule has 27 heavy (non-hydrogen) atoms. The number of nitrogens with zero attached hydrogens (tertiary/aromatic N) is 1. The smallest absolute Gasteiger partial charge is 0.368 e. The average molecular weight is 393 g/mol. The third-order valence-electron chi connectivity index (χ3n) is 5.64. The summed E-state index contributed by atoms with van der Waals surface area (Å²) in [7, 11) is 1.47. The lowest BCUT2D eigenvalue weighted by Gasteiger charge is -2.29. The van der Waals surface area contributed by atoms with E-state index in [4.69, 9.17) is 4.74 Å². The first-order chi connectivity index (χ1) is 12.9. The fourth-order valence-electron chi connectivity index (χ4n) is 4.34. The van der Waals surface area contributed by atoms with Gasteiger partial charge in [0.15, 0.2) is 0 Å². The minimum Gasteiger partial charge on any atom is -0.508 e. The van der Waals surface area contributed by atoms with Crippen molar-refractivity contribution in [3.8, 4) is 5.75 Å². The molecule has 2 heterocycles. The maximum atomic E-state index is 13.0. The lowest BCUT2D eigenvalue weighted by atomic mass is 9.78. The van der Waals surface area contributed by atoms with Crippen LogP contribution in [0.2, 0.25) is 0 Å². The number of esters is 1. The molecule has 8 heteroatoms. The van der Waals surface area contributed by atoms with Crippen molar-refractivity contribution in [1.29, 1.82) is 0 Å². The summed E-state index contributed by atoms with van der Waals surface area (Å²) in [6.07, 6.45) is 2.38. The molecular formula is C19H25N2O5S+. The number of nitrogens with two attached hydrogens (primary N) is 1. The molecule has 3 rings (SSSR count). The largest absolute Gasteiger partial charge is 0.508 e. The Labute approximate surface area is 162 Å². The molecular weight excluding hydrogens is 368 g/mol. The van der Waals surface area contributed by atoms with Gasteiger partial charge in [-0.25, -0.2) is 4.79 Å². The number of ether oxygens (including phenoxy) is 1. The maximum absolute atomic E-state index is 13.0. The first-order valence-corrected chi connectivity index (χ1v) is 10.4. The number of thioether (sulfide) groups is 1. The van der Waals surface area contributed by atoms with Gasteiger partial charge in [0, 0.05) is 19.0 Å². The predicted octanol–water partition coefficient (Wildman–Crippen LogP) is 0.296. The number of carbonyl (C=O) groups excluding carboxylic acids is 3. The zero-order valence-electron chi connectivity index (χ0n) is 15.7. The van der Waals surface area contributed by atoms with Gasteiger partial charge < -0.3 is 15.2 Å². The van der Waals surface area contributed by atoms with Gasteiger partial charge in [0.2, 0.25) is 17.4 Å². The lowest BCUT2D eigenvalue weighted by Crippen LogP contribution is -2.98. The second-order valence-electron chi connectivity index (χ2n) is 7.03. The lowest BCUT2D eigenvalue weighted by molar-refractivity contribution is -0.734. The van der Waals surface area contributed by atoms with Gasteiger partial charge in [0.25, 0.3) is 0 Å². The summed E-state index contributed by atoms with van der Waals surface area (Å²) in [4.78, 5) is 40.0. The predicted molar refractivity (Wildman–Crippen MR) is 99.9 cm³/mol. The zero-order chi connectivity index (χ0) is 19.8. The number of benzene rings is 1. The van der Waals surface area contributed by atoms with Gasteiger partial charge in [-0.1, -0.05) is 0 Å². The van der Waals surface area contributed by atoms with Crippen molar-refractivity contribution < 1.29 is 29.5 Å². The minimum absolute atomic E-state index is 0.123. The van der Waals surface area contributed by atoms with Crippen LogP contribution in [0.25, 0.3) is 0 Å². The van der Waals surface area contributed by atoms with E-state index >= 15 is 0 Å². The Balaban J connectivity index is 2.10. The average Bonchev–Trinajstić information content (AvgIpc) is 3.11. The third kappa shape index (κ3) is 3.10. The fraction of sp³-hybridized carbons (Fsp3) is 0.526. The molecule has 4 atom stereocenters. The van der Waals surface area contributed by atoms with Crippen LogP contribution in [0.4, 0.5) is 0 Å². The minimum atomic E-state index is -1.12. The number of quaternary nitrogens is 1. The highest BCUT2D eigenvalue weighted by Gasteiger charge is 2.71. The number of fused-ring (bicyclic) bond motifs is 1. The number of amides is 2. The normalized spacial score (nSPS) is 29.9. The number of phenols is 1. The summed E-state index contributed by atoms with van der Waals surface area (Å²) in [5.41, 5.74) is -0.321. The molecule has 1 aromatic rings. The van der Waals surface area contributed by atoms with E-state index in [-0.39, 0.29) is 30.2 Å². The molecule has 0 saturated carbocycles. The molecule has 3 N–H and O–H groups in total. The topological polar surface area (TPSA) is 101 Å². The van der Waals surface area contributed by atoms with E-state index < -0.39 is 23.3 Å². The van der Waals surface area contributed by atoms with Crippen LogP contribution >= 0.6 is 11.8 Å². The van der Waals surface area contributed by atoms with Gasteiger partial charge in [-0.3, -0.25) is 14.5 Å². The van der Waals surface area contributed by atoms with Crippen LogP contribution < -0.4 is 5.32 Å². The van der Waals surface area contributed by atoms with Crippen molar-refractivity contribution >= 4 is 29.5 Å². The molecule has 2 fully saturated rings. The number of carbonyl (C=O) groups is 3. The Kier molecular flexibility index (Phi) is 5.48. The summed E-state index contributed by atoms with van der Waals surface area (Å²) in [5.74, 6) is -1.61. The molecule has 0 aromatic heterocycles. The zero-order valence-corrected chi connectivity index (χ0v) is 16.5. The van der Waals surface area contributed by atoms with E-state index in [1.807, 2.05) is 11.6 Å². The molecule has 1 aromatic carbocycles. The standard InChI is InChI=1S/C19H24N2O5S/c1-4-26-18(25)19(9-10-27-3)14-13(16(23)21(2)17(14)24)15(20-19)11-5-7-12(22)8-6-11/h5-8,13-15,20,22H,4,9-10H2,1-3H3/p+1/t13-,14+,15-,19-/m0/s1. The number of hydrogen-bond donors (Lipinski definition) is 2. The highest BCUT2D eigenvalue weighted by molar-refractivity contribution is 7.98. The van der Waals surface area contributed by atoms with Gasteiger partial charge in [0.05, 0.1) is 6.61 Å². The van der Waals surface area contributed by atoms with Crippen LogP contribution in [-0.4, -0.2) is 59.0 Å². The highest BCUT2D eigenvalue weighted by Crippen LogP contribution is 2.45. The molecule has 0 spiro atoms. The monoisotopic (exact) mass is 393 g/mol. The van der Waals surface area contributed by atoms with Gasteiger partial charge in [-0.15, -0.1) is 0 Å². The van der Waals surface area contributed by atoms with Gasteiger partial charge >= 0.3 is 5.97 Å². The molecule has 146 valence electrons. The van der Waals surface area contributed by atoms with Gasteiger partial charge in [0.1, 0.15) is 23.6 Å². The van der Waals surface area contributed by atoms with E-state index in [1.54, 1.807) is 43.0 Å².